The molecule has 1 aliphatic rings. The van der Waals surface area contributed by atoms with Gasteiger partial charge in [-0.1, -0.05) is 12.1 Å². The van der Waals surface area contributed by atoms with Gasteiger partial charge >= 0.3 is 0 Å². The van der Waals surface area contributed by atoms with Crippen LogP contribution in [0.3, 0.4) is 0 Å². The van der Waals surface area contributed by atoms with E-state index in [4.69, 9.17) is 23.4 Å². The second-order valence-electron chi connectivity index (χ2n) is 7.65. The maximum Gasteiger partial charge on any atom is 0.229 e. The molecule has 1 saturated heterocycles. The smallest absolute Gasteiger partial charge is 0.229 e. The highest BCUT2D eigenvalue weighted by Crippen LogP contribution is 2.41. The first kappa shape index (κ1) is 23.8. The van der Waals surface area contributed by atoms with Gasteiger partial charge in [0.1, 0.15) is 47.4 Å². The van der Waals surface area contributed by atoms with Gasteiger partial charge < -0.3 is 48.9 Å². The van der Waals surface area contributed by atoms with Gasteiger partial charge in [0.2, 0.25) is 17.5 Å². The number of fused-ring (bicyclic) bond motifs is 1. The molecule has 1 aromatic heterocycles. The molecule has 34 heavy (non-hydrogen) atoms. The number of rotatable bonds is 6. The van der Waals surface area contributed by atoms with Crippen molar-refractivity contribution in [1.82, 2.24) is 0 Å². The predicted molar refractivity (Wildman–Crippen MR) is 117 cm³/mol. The molecule has 0 aliphatic carbocycles. The Morgan fingerprint density at radius 1 is 1.00 bits per heavy atom. The molecule has 182 valence electrons. The number of hydrogen-bond acceptors (Lipinski definition) is 11. The lowest BCUT2D eigenvalue weighted by Crippen LogP contribution is -2.60. The average molecular weight is 476 g/mol. The van der Waals surface area contributed by atoms with Crippen molar-refractivity contribution in [1.29, 1.82) is 0 Å². The van der Waals surface area contributed by atoms with Crippen LogP contribution in [0.5, 0.6) is 23.0 Å². The fraction of sp³-hybridized carbons (Fsp3) is 0.348. The first-order valence-electron chi connectivity index (χ1n) is 10.3. The van der Waals surface area contributed by atoms with Crippen LogP contribution in [-0.4, -0.2) is 77.1 Å². The molecule has 0 radical (unpaired) electrons. The van der Waals surface area contributed by atoms with Crippen LogP contribution < -0.4 is 19.6 Å². The molecule has 1 aliphatic heterocycles. The van der Waals surface area contributed by atoms with Gasteiger partial charge in [0.15, 0.2) is 11.5 Å². The van der Waals surface area contributed by atoms with Gasteiger partial charge in [0, 0.05) is 6.07 Å². The van der Waals surface area contributed by atoms with Crippen LogP contribution >= 0.6 is 0 Å². The molecule has 5 atom stereocenters. The first-order chi connectivity index (χ1) is 16.3. The summed E-state index contributed by atoms with van der Waals surface area (Å²) in [5.74, 6) is 0.0309. The molecule has 5 unspecified atom stereocenters. The van der Waals surface area contributed by atoms with Crippen molar-refractivity contribution in [3.05, 3.63) is 46.8 Å². The number of benzene rings is 2. The van der Waals surface area contributed by atoms with Gasteiger partial charge in [-0.05, 0) is 17.7 Å². The van der Waals surface area contributed by atoms with Crippen LogP contribution in [0.25, 0.3) is 22.1 Å². The lowest BCUT2D eigenvalue weighted by molar-refractivity contribution is -0.277. The summed E-state index contributed by atoms with van der Waals surface area (Å²) in [5.41, 5.74) is 0.231. The maximum absolute atomic E-state index is 13.1. The Balaban J connectivity index is 1.63. The van der Waals surface area contributed by atoms with E-state index in [0.29, 0.717) is 5.56 Å². The number of methoxy groups -OCH3 is 2. The lowest BCUT2D eigenvalue weighted by Gasteiger charge is -2.39. The van der Waals surface area contributed by atoms with Crippen molar-refractivity contribution in [3.8, 4) is 34.1 Å². The monoisotopic (exact) mass is 476 g/mol. The van der Waals surface area contributed by atoms with Crippen molar-refractivity contribution < 1.29 is 48.9 Å². The van der Waals surface area contributed by atoms with E-state index < -0.39 is 48.5 Å². The fourth-order valence-electron chi connectivity index (χ4n) is 3.79. The molecule has 11 nitrogen and oxygen atoms in total. The summed E-state index contributed by atoms with van der Waals surface area (Å²) in [5, 5.41) is 49.7. The third-order valence-electron chi connectivity index (χ3n) is 5.65. The molecule has 2 heterocycles. The Hall–Kier alpha value is -3.35. The van der Waals surface area contributed by atoms with Gasteiger partial charge in [-0.3, -0.25) is 4.79 Å². The van der Waals surface area contributed by atoms with Gasteiger partial charge in [-0.15, -0.1) is 0 Å². The number of phenolic OH excluding ortho intramolecular Hbond substituents is 1. The summed E-state index contributed by atoms with van der Waals surface area (Å²) in [7, 11) is 2.73. The van der Waals surface area contributed by atoms with Crippen molar-refractivity contribution in [2.75, 3.05) is 20.8 Å². The molecular weight excluding hydrogens is 452 g/mol. The highest BCUT2D eigenvalue weighted by molar-refractivity contribution is 5.91. The predicted octanol–water partition coefficient (Wildman–Crippen LogP) is 0.361. The van der Waals surface area contributed by atoms with Crippen molar-refractivity contribution in [3.63, 3.8) is 0 Å². The minimum Gasteiger partial charge on any atom is -0.504 e. The molecule has 1 fully saturated rings. The van der Waals surface area contributed by atoms with E-state index in [1.807, 2.05) is 0 Å². The van der Waals surface area contributed by atoms with Crippen molar-refractivity contribution in [2.45, 2.75) is 30.7 Å². The number of aromatic hydroxyl groups is 1. The summed E-state index contributed by atoms with van der Waals surface area (Å²) in [6, 6.07) is 7.53. The zero-order chi connectivity index (χ0) is 24.6. The molecule has 2 aromatic carbocycles. The van der Waals surface area contributed by atoms with Crippen molar-refractivity contribution in [2.24, 2.45) is 0 Å². The molecule has 0 amide bonds. The Morgan fingerprint density at radius 2 is 1.71 bits per heavy atom. The second-order valence-corrected chi connectivity index (χ2v) is 7.65. The van der Waals surface area contributed by atoms with Crippen LogP contribution in [0.1, 0.15) is 0 Å². The fourth-order valence-corrected chi connectivity index (χ4v) is 3.79. The van der Waals surface area contributed by atoms with Gasteiger partial charge in [0.05, 0.1) is 26.4 Å². The van der Waals surface area contributed by atoms with E-state index in [-0.39, 0.29) is 33.8 Å². The van der Waals surface area contributed by atoms with E-state index in [2.05, 4.69) is 0 Å². The third-order valence-corrected chi connectivity index (χ3v) is 5.65. The molecule has 4 rings (SSSR count). The Kier molecular flexibility index (Phi) is 6.64. The lowest BCUT2D eigenvalue weighted by atomic mass is 9.99. The average Bonchev–Trinajstić information content (AvgIpc) is 2.84. The van der Waals surface area contributed by atoms with Crippen LogP contribution in [0.15, 0.2) is 45.8 Å². The van der Waals surface area contributed by atoms with E-state index in [1.54, 1.807) is 12.1 Å². The molecule has 0 spiro atoms. The number of aliphatic hydroxyl groups is 4. The molecular formula is C23H24O11. The second kappa shape index (κ2) is 9.49. The molecule has 11 heteroatoms. The highest BCUT2D eigenvalue weighted by atomic mass is 16.7. The zero-order valence-electron chi connectivity index (χ0n) is 18.2. The number of ether oxygens (including phenoxy) is 4. The van der Waals surface area contributed by atoms with Crippen molar-refractivity contribution >= 4 is 11.0 Å². The van der Waals surface area contributed by atoms with Gasteiger partial charge in [0.25, 0.3) is 0 Å². The summed E-state index contributed by atoms with van der Waals surface area (Å²) in [6.45, 7) is -0.578. The molecule has 0 bridgehead atoms. The van der Waals surface area contributed by atoms with E-state index in [0.717, 1.165) is 0 Å². The van der Waals surface area contributed by atoms with Crippen LogP contribution in [0.4, 0.5) is 0 Å². The van der Waals surface area contributed by atoms with Crippen LogP contribution in [-0.2, 0) is 4.74 Å². The summed E-state index contributed by atoms with van der Waals surface area (Å²) in [6.07, 6.45) is -5.81. The zero-order valence-corrected chi connectivity index (χ0v) is 18.2. The van der Waals surface area contributed by atoms with Gasteiger partial charge in [-0.2, -0.15) is 0 Å². The number of phenols is 1. The SMILES string of the molecule is COc1cc2occ(-c3ccc(OC4OC(CO)C(O)C(O)C4O)cc3)c(=O)c2c(O)c1OC. The van der Waals surface area contributed by atoms with E-state index in [9.17, 15) is 30.3 Å². The quantitative estimate of drug-likeness (QED) is 0.333. The Morgan fingerprint density at radius 3 is 2.32 bits per heavy atom. The van der Waals surface area contributed by atoms with Crippen LogP contribution in [0.2, 0.25) is 0 Å². The number of hydrogen-bond donors (Lipinski definition) is 5. The van der Waals surface area contributed by atoms with E-state index in [1.165, 1.54) is 38.7 Å². The molecule has 5 N–H and O–H groups in total. The standard InChI is InChI=1S/C23H24O11/c1-30-14-7-13-16(19(27)22(14)31-2)17(25)12(9-32-13)10-3-5-11(6-4-10)33-23-21(29)20(28)18(26)15(8-24)34-23/h3-7,9,15,18,20-21,23-24,26-29H,8H2,1-2H3. The summed E-state index contributed by atoms with van der Waals surface area (Å²) in [4.78, 5) is 13.1. The molecule has 0 saturated carbocycles. The highest BCUT2D eigenvalue weighted by Gasteiger charge is 2.44. The maximum atomic E-state index is 13.1. The van der Waals surface area contributed by atoms with Gasteiger partial charge in [-0.25, -0.2) is 0 Å². The van der Waals surface area contributed by atoms with E-state index >= 15 is 0 Å². The Labute approximate surface area is 192 Å². The van der Waals surface area contributed by atoms with Crippen LogP contribution in [0, 0.1) is 0 Å². The summed E-state index contributed by atoms with van der Waals surface area (Å²) >= 11 is 0. The molecule has 3 aromatic rings. The third kappa shape index (κ3) is 4.04. The first-order valence-corrected chi connectivity index (χ1v) is 10.3. The largest absolute Gasteiger partial charge is 0.504 e. The number of aliphatic hydroxyl groups excluding tert-OH is 4. The minimum atomic E-state index is -1.57. The topological polar surface area (TPSA) is 168 Å². The Bertz CT molecular complexity index is 1220. The minimum absolute atomic E-state index is 0.00252. The normalized spacial score (nSPS) is 24.7. The summed E-state index contributed by atoms with van der Waals surface area (Å²) < 4.78 is 26.7.